The highest BCUT2D eigenvalue weighted by atomic mass is 16.6. The monoisotopic (exact) mass is 324 g/mol. The number of non-ortho nitro benzene ring substituents is 1. The van der Waals surface area contributed by atoms with E-state index in [1.165, 1.54) is 6.07 Å². The lowest BCUT2D eigenvalue weighted by atomic mass is 10.1. The fraction of sp³-hybridized carbons (Fsp3) is 0.389. The number of nitrogens with zero attached hydrogens (tertiary/aromatic N) is 4. The van der Waals surface area contributed by atoms with Crippen molar-refractivity contribution in [2.45, 2.75) is 19.4 Å². The Balaban J connectivity index is 1.70. The van der Waals surface area contributed by atoms with Gasteiger partial charge in [0.1, 0.15) is 0 Å². The van der Waals surface area contributed by atoms with E-state index >= 15 is 0 Å². The molecule has 2 aliphatic rings. The minimum Gasteiger partial charge on any atom is -0.369 e. The molecule has 3 heterocycles. The van der Waals surface area contributed by atoms with Crippen LogP contribution in [0.4, 0.5) is 11.4 Å². The highest BCUT2D eigenvalue weighted by molar-refractivity contribution is 5.93. The van der Waals surface area contributed by atoms with E-state index in [0.29, 0.717) is 6.04 Å². The first-order chi connectivity index (χ1) is 11.6. The Morgan fingerprint density at radius 1 is 1.25 bits per heavy atom. The molecule has 0 spiro atoms. The quantitative estimate of drug-likeness (QED) is 0.493. The van der Waals surface area contributed by atoms with E-state index < -0.39 is 0 Å². The Labute approximate surface area is 140 Å². The van der Waals surface area contributed by atoms with Gasteiger partial charge in [-0.1, -0.05) is 12.2 Å². The second-order valence-corrected chi connectivity index (χ2v) is 6.56. The first-order valence-corrected chi connectivity index (χ1v) is 8.31. The maximum absolute atomic E-state index is 11.1. The van der Waals surface area contributed by atoms with Gasteiger partial charge in [0, 0.05) is 61.1 Å². The van der Waals surface area contributed by atoms with E-state index in [9.17, 15) is 10.1 Å². The van der Waals surface area contributed by atoms with Crippen LogP contribution in [0.5, 0.6) is 0 Å². The molecule has 124 valence electrons. The van der Waals surface area contributed by atoms with Gasteiger partial charge >= 0.3 is 0 Å². The van der Waals surface area contributed by atoms with Crippen molar-refractivity contribution < 1.29 is 4.92 Å². The van der Waals surface area contributed by atoms with Gasteiger partial charge in [-0.15, -0.1) is 0 Å². The Morgan fingerprint density at radius 2 is 2.04 bits per heavy atom. The number of anilines is 1. The predicted molar refractivity (Wildman–Crippen MR) is 94.5 cm³/mol. The first kappa shape index (κ1) is 15.1. The van der Waals surface area contributed by atoms with Gasteiger partial charge in [0.05, 0.1) is 10.4 Å². The molecule has 0 amide bonds. The maximum Gasteiger partial charge on any atom is 0.270 e. The zero-order valence-corrected chi connectivity index (χ0v) is 13.7. The molecule has 1 aromatic heterocycles. The van der Waals surface area contributed by atoms with Gasteiger partial charge in [0.15, 0.2) is 0 Å². The summed E-state index contributed by atoms with van der Waals surface area (Å²) >= 11 is 0. The Hall–Kier alpha value is -2.47. The van der Waals surface area contributed by atoms with Crippen LogP contribution in [0, 0.1) is 17.0 Å². The molecular weight excluding hydrogens is 304 g/mol. The smallest absolute Gasteiger partial charge is 0.270 e. The zero-order chi connectivity index (χ0) is 16.7. The van der Waals surface area contributed by atoms with Crippen molar-refractivity contribution in [3.8, 4) is 0 Å². The summed E-state index contributed by atoms with van der Waals surface area (Å²) in [5.74, 6) is 0. The molecule has 0 bridgehead atoms. The van der Waals surface area contributed by atoms with Gasteiger partial charge in [0.2, 0.25) is 0 Å². The molecule has 0 saturated carbocycles. The Bertz CT molecular complexity index is 825. The van der Waals surface area contributed by atoms with Crippen LogP contribution >= 0.6 is 0 Å². The second-order valence-electron chi connectivity index (χ2n) is 6.56. The van der Waals surface area contributed by atoms with Gasteiger partial charge in [-0.05, 0) is 25.5 Å². The maximum atomic E-state index is 11.1. The number of fused-ring (bicyclic) bond motifs is 1. The Kier molecular flexibility index (Phi) is 3.69. The third-order valence-corrected chi connectivity index (χ3v) is 4.98. The molecule has 1 saturated heterocycles. The van der Waals surface area contributed by atoms with Gasteiger partial charge in [0.25, 0.3) is 5.69 Å². The van der Waals surface area contributed by atoms with Crippen molar-refractivity contribution in [3.63, 3.8) is 0 Å². The van der Waals surface area contributed by atoms with Crippen LogP contribution < -0.4 is 4.90 Å². The SMILES string of the molecule is Cc1cc(N2CC[C@@H](N3CC=CC3)C2)c2cc([N+](=O)[O-])ccc2n1. The van der Waals surface area contributed by atoms with Crippen LogP contribution in [-0.2, 0) is 0 Å². The molecule has 0 radical (unpaired) electrons. The summed E-state index contributed by atoms with van der Waals surface area (Å²) < 4.78 is 0. The van der Waals surface area contributed by atoms with Crippen LogP contribution in [0.25, 0.3) is 10.9 Å². The summed E-state index contributed by atoms with van der Waals surface area (Å²) in [5, 5.41) is 12.0. The lowest BCUT2D eigenvalue weighted by Crippen LogP contribution is -2.35. The normalized spacial score (nSPS) is 21.0. The zero-order valence-electron chi connectivity index (χ0n) is 13.7. The summed E-state index contributed by atoms with van der Waals surface area (Å²) in [6.45, 7) is 5.97. The van der Waals surface area contributed by atoms with Crippen LogP contribution in [-0.4, -0.2) is 47.0 Å². The molecule has 6 nitrogen and oxygen atoms in total. The number of hydrogen-bond donors (Lipinski definition) is 0. The number of pyridine rings is 1. The second kappa shape index (κ2) is 5.87. The van der Waals surface area contributed by atoms with Crippen molar-refractivity contribution >= 4 is 22.3 Å². The van der Waals surface area contributed by atoms with E-state index in [1.54, 1.807) is 12.1 Å². The van der Waals surface area contributed by atoms with E-state index in [1.807, 2.05) is 6.92 Å². The van der Waals surface area contributed by atoms with E-state index in [2.05, 4.69) is 33.0 Å². The largest absolute Gasteiger partial charge is 0.369 e. The lowest BCUT2D eigenvalue weighted by molar-refractivity contribution is -0.384. The van der Waals surface area contributed by atoms with Gasteiger partial charge in [-0.25, -0.2) is 0 Å². The van der Waals surface area contributed by atoms with Crippen LogP contribution in [0.3, 0.4) is 0 Å². The minimum absolute atomic E-state index is 0.119. The molecular formula is C18H20N4O2. The number of nitro benzene ring substituents is 1. The van der Waals surface area contributed by atoms with Gasteiger partial charge in [-0.3, -0.25) is 20.0 Å². The van der Waals surface area contributed by atoms with Gasteiger partial charge in [-0.2, -0.15) is 0 Å². The molecule has 4 rings (SSSR count). The highest BCUT2D eigenvalue weighted by Crippen LogP contribution is 2.33. The van der Waals surface area contributed by atoms with Crippen LogP contribution in [0.15, 0.2) is 36.4 Å². The van der Waals surface area contributed by atoms with Crippen molar-refractivity contribution in [1.82, 2.24) is 9.88 Å². The number of benzene rings is 1. The van der Waals surface area contributed by atoms with Crippen LogP contribution in [0.1, 0.15) is 12.1 Å². The highest BCUT2D eigenvalue weighted by Gasteiger charge is 2.29. The molecule has 0 unspecified atom stereocenters. The van der Waals surface area contributed by atoms with E-state index in [4.69, 9.17) is 0 Å². The van der Waals surface area contributed by atoms with Gasteiger partial charge < -0.3 is 4.90 Å². The molecule has 1 fully saturated rings. The molecule has 1 atom stereocenters. The van der Waals surface area contributed by atoms with Crippen LogP contribution in [0.2, 0.25) is 0 Å². The lowest BCUT2D eigenvalue weighted by Gasteiger charge is -2.25. The summed E-state index contributed by atoms with van der Waals surface area (Å²) in [6, 6.07) is 7.53. The Morgan fingerprint density at radius 3 is 2.79 bits per heavy atom. The summed E-state index contributed by atoms with van der Waals surface area (Å²) in [4.78, 5) is 20.2. The number of hydrogen-bond acceptors (Lipinski definition) is 5. The van der Waals surface area contributed by atoms with E-state index in [0.717, 1.165) is 54.9 Å². The molecule has 2 aliphatic heterocycles. The summed E-state index contributed by atoms with van der Waals surface area (Å²) in [5.41, 5.74) is 2.95. The molecule has 0 N–H and O–H groups in total. The van der Waals surface area contributed by atoms with Crippen molar-refractivity contribution in [3.05, 3.63) is 52.2 Å². The average molecular weight is 324 g/mol. The third kappa shape index (κ3) is 2.63. The summed E-state index contributed by atoms with van der Waals surface area (Å²) in [6.07, 6.45) is 5.56. The topological polar surface area (TPSA) is 62.5 Å². The van der Waals surface area contributed by atoms with E-state index in [-0.39, 0.29) is 10.6 Å². The van der Waals surface area contributed by atoms with Crippen molar-refractivity contribution in [2.75, 3.05) is 31.1 Å². The standard InChI is InChI=1S/C18H20N4O2/c1-13-10-18(16-11-14(22(23)24)4-5-17(16)19-13)21-9-6-15(12-21)20-7-2-3-8-20/h2-5,10-11,15H,6-9,12H2,1H3/t15-/m1/s1. The molecule has 2 aromatic rings. The molecule has 24 heavy (non-hydrogen) atoms. The molecule has 6 heteroatoms. The number of aromatic nitrogens is 1. The number of rotatable bonds is 3. The molecule has 1 aromatic carbocycles. The molecule has 0 aliphatic carbocycles. The average Bonchev–Trinajstić information content (AvgIpc) is 3.24. The predicted octanol–water partition coefficient (Wildman–Crippen LogP) is 2.90. The number of nitro groups is 1. The first-order valence-electron chi connectivity index (χ1n) is 8.31. The fourth-order valence-electron chi connectivity index (χ4n) is 3.75. The minimum atomic E-state index is -0.342. The number of aryl methyl sites for hydroxylation is 1. The fourth-order valence-corrected chi connectivity index (χ4v) is 3.75. The van der Waals surface area contributed by atoms with Crippen molar-refractivity contribution in [2.24, 2.45) is 0 Å². The van der Waals surface area contributed by atoms with Crippen molar-refractivity contribution in [1.29, 1.82) is 0 Å². The third-order valence-electron chi connectivity index (χ3n) is 4.98. The summed E-state index contributed by atoms with van der Waals surface area (Å²) in [7, 11) is 0.